The van der Waals surface area contributed by atoms with Gasteiger partial charge in [-0.2, -0.15) is 5.26 Å². The maximum Gasteiger partial charge on any atom is 0.127 e. The van der Waals surface area contributed by atoms with Crippen LogP contribution in [0, 0.1) is 11.3 Å². The summed E-state index contributed by atoms with van der Waals surface area (Å²) in [7, 11) is 0. The molecular formula is C19H16N2O2S. The Bertz CT molecular complexity index is 871. The molecule has 1 heterocycles. The molecule has 0 saturated carbocycles. The van der Waals surface area contributed by atoms with E-state index in [9.17, 15) is 5.11 Å². The van der Waals surface area contributed by atoms with Crippen LogP contribution in [0.15, 0.2) is 65.8 Å². The molecule has 1 unspecified atom stereocenters. The van der Waals surface area contributed by atoms with Crippen LogP contribution < -0.4 is 4.74 Å². The van der Waals surface area contributed by atoms with Crippen molar-refractivity contribution in [1.82, 2.24) is 4.98 Å². The largest absolute Gasteiger partial charge is 0.490 e. The van der Waals surface area contributed by atoms with E-state index < -0.39 is 6.10 Å². The van der Waals surface area contributed by atoms with Crippen LogP contribution in [0.25, 0.3) is 10.8 Å². The Morgan fingerprint density at radius 3 is 2.88 bits per heavy atom. The van der Waals surface area contributed by atoms with Crippen molar-refractivity contribution in [2.24, 2.45) is 0 Å². The second-order valence-electron chi connectivity index (χ2n) is 5.25. The van der Waals surface area contributed by atoms with Gasteiger partial charge in [-0.25, -0.2) is 4.98 Å². The van der Waals surface area contributed by atoms with Crippen LogP contribution in [0.5, 0.6) is 5.75 Å². The summed E-state index contributed by atoms with van der Waals surface area (Å²) in [5.74, 6) is 1.22. The summed E-state index contributed by atoms with van der Waals surface area (Å²) >= 11 is 1.40. The SMILES string of the molecule is N#Cc1ccnc(SCC(O)COc2cccc3ccccc23)c1. The van der Waals surface area contributed by atoms with Gasteiger partial charge in [0.05, 0.1) is 22.8 Å². The number of nitriles is 1. The van der Waals surface area contributed by atoms with E-state index >= 15 is 0 Å². The molecule has 5 heteroatoms. The van der Waals surface area contributed by atoms with Gasteiger partial charge in [0, 0.05) is 17.3 Å². The molecule has 0 fully saturated rings. The number of nitrogens with zero attached hydrogens (tertiary/aromatic N) is 2. The molecule has 0 amide bonds. The van der Waals surface area contributed by atoms with E-state index in [1.807, 2.05) is 42.5 Å². The Balaban J connectivity index is 1.57. The minimum Gasteiger partial charge on any atom is -0.490 e. The van der Waals surface area contributed by atoms with Crippen LogP contribution in [-0.2, 0) is 0 Å². The number of hydrogen-bond donors (Lipinski definition) is 1. The number of pyridine rings is 1. The zero-order valence-corrected chi connectivity index (χ0v) is 13.7. The summed E-state index contributed by atoms with van der Waals surface area (Å²) in [6.07, 6.45) is 0.973. The van der Waals surface area contributed by atoms with Crippen molar-refractivity contribution in [3.8, 4) is 11.8 Å². The molecule has 0 saturated heterocycles. The number of aliphatic hydroxyl groups excluding tert-OH is 1. The smallest absolute Gasteiger partial charge is 0.127 e. The van der Waals surface area contributed by atoms with Crippen LogP contribution in [0.4, 0.5) is 0 Å². The molecule has 3 rings (SSSR count). The fourth-order valence-corrected chi connectivity index (χ4v) is 3.10. The predicted octanol–water partition coefficient (Wildman–Crippen LogP) is 3.64. The van der Waals surface area contributed by atoms with Crippen molar-refractivity contribution in [1.29, 1.82) is 5.26 Å². The number of rotatable bonds is 6. The molecule has 0 aliphatic carbocycles. The number of aliphatic hydroxyl groups is 1. The molecule has 24 heavy (non-hydrogen) atoms. The molecule has 1 atom stereocenters. The van der Waals surface area contributed by atoms with Crippen LogP contribution in [-0.4, -0.2) is 28.6 Å². The van der Waals surface area contributed by atoms with Crippen LogP contribution in [0.3, 0.4) is 0 Å². The Hall–Kier alpha value is -2.55. The average Bonchev–Trinajstić information content (AvgIpc) is 2.64. The van der Waals surface area contributed by atoms with Gasteiger partial charge in [0.25, 0.3) is 0 Å². The topological polar surface area (TPSA) is 66.1 Å². The molecule has 1 N–H and O–H groups in total. The number of thioether (sulfide) groups is 1. The summed E-state index contributed by atoms with van der Waals surface area (Å²) in [5.41, 5.74) is 0.564. The molecule has 3 aromatic rings. The lowest BCUT2D eigenvalue weighted by atomic mass is 10.1. The lowest BCUT2D eigenvalue weighted by molar-refractivity contribution is 0.127. The Morgan fingerprint density at radius 1 is 1.17 bits per heavy atom. The number of ether oxygens (including phenoxy) is 1. The normalized spacial score (nSPS) is 11.8. The van der Waals surface area contributed by atoms with Gasteiger partial charge in [0.1, 0.15) is 12.4 Å². The second kappa shape index (κ2) is 7.82. The number of fused-ring (bicyclic) bond motifs is 1. The minimum absolute atomic E-state index is 0.207. The van der Waals surface area contributed by atoms with Gasteiger partial charge < -0.3 is 9.84 Å². The molecule has 0 radical (unpaired) electrons. The van der Waals surface area contributed by atoms with E-state index in [2.05, 4.69) is 11.1 Å². The zero-order valence-electron chi connectivity index (χ0n) is 12.9. The Labute approximate surface area is 144 Å². The van der Waals surface area contributed by atoms with Gasteiger partial charge in [0.15, 0.2) is 0 Å². The quantitative estimate of drug-likeness (QED) is 0.696. The Kier molecular flexibility index (Phi) is 5.32. The van der Waals surface area contributed by atoms with E-state index in [0.29, 0.717) is 11.3 Å². The first-order valence-corrected chi connectivity index (χ1v) is 8.52. The number of hydrogen-bond acceptors (Lipinski definition) is 5. The molecule has 120 valence electrons. The van der Waals surface area contributed by atoms with E-state index in [0.717, 1.165) is 21.5 Å². The van der Waals surface area contributed by atoms with E-state index in [1.165, 1.54) is 11.8 Å². The summed E-state index contributed by atoms with van der Waals surface area (Å²) in [4.78, 5) is 4.18. The molecule has 0 aliphatic heterocycles. The number of aromatic nitrogens is 1. The molecule has 1 aromatic heterocycles. The van der Waals surface area contributed by atoms with Crippen LogP contribution >= 0.6 is 11.8 Å². The highest BCUT2D eigenvalue weighted by Gasteiger charge is 2.09. The van der Waals surface area contributed by atoms with Crippen LogP contribution in [0.1, 0.15) is 5.56 Å². The van der Waals surface area contributed by atoms with Gasteiger partial charge in [0.2, 0.25) is 0 Å². The maximum absolute atomic E-state index is 10.1. The molecule has 0 aliphatic rings. The van der Waals surface area contributed by atoms with Gasteiger partial charge in [-0.3, -0.25) is 0 Å². The van der Waals surface area contributed by atoms with Crippen molar-refractivity contribution in [2.45, 2.75) is 11.1 Å². The van der Waals surface area contributed by atoms with Crippen molar-refractivity contribution in [2.75, 3.05) is 12.4 Å². The number of benzene rings is 2. The zero-order chi connectivity index (χ0) is 16.8. The first kappa shape index (κ1) is 16.3. The van der Waals surface area contributed by atoms with Crippen molar-refractivity contribution in [3.05, 3.63) is 66.4 Å². The van der Waals surface area contributed by atoms with Crippen LogP contribution in [0.2, 0.25) is 0 Å². The monoisotopic (exact) mass is 336 g/mol. The third kappa shape index (κ3) is 4.05. The molecule has 0 bridgehead atoms. The fourth-order valence-electron chi connectivity index (χ4n) is 2.30. The van der Waals surface area contributed by atoms with Gasteiger partial charge in [-0.1, -0.05) is 36.4 Å². The highest BCUT2D eigenvalue weighted by Crippen LogP contribution is 2.25. The van der Waals surface area contributed by atoms with Crippen molar-refractivity contribution < 1.29 is 9.84 Å². The highest BCUT2D eigenvalue weighted by atomic mass is 32.2. The first-order chi connectivity index (χ1) is 11.8. The Morgan fingerprint density at radius 2 is 2.00 bits per heavy atom. The fraction of sp³-hybridized carbons (Fsp3) is 0.158. The van der Waals surface area contributed by atoms with E-state index in [1.54, 1.807) is 18.3 Å². The summed E-state index contributed by atoms with van der Waals surface area (Å²) in [6.45, 7) is 0.207. The standard InChI is InChI=1S/C19H16N2O2S/c20-11-14-8-9-21-19(10-14)24-13-16(22)12-23-18-7-3-5-15-4-1-2-6-17(15)18/h1-10,16,22H,12-13H2. The van der Waals surface area contributed by atoms with Gasteiger partial charge in [-0.15, -0.1) is 11.8 Å². The molecular weight excluding hydrogens is 320 g/mol. The van der Waals surface area contributed by atoms with Crippen molar-refractivity contribution >= 4 is 22.5 Å². The summed E-state index contributed by atoms with van der Waals surface area (Å²) < 4.78 is 5.78. The third-order valence-corrected chi connectivity index (χ3v) is 4.54. The molecule has 0 spiro atoms. The summed E-state index contributed by atoms with van der Waals surface area (Å²) in [6, 6.07) is 19.3. The summed E-state index contributed by atoms with van der Waals surface area (Å²) in [5, 5.41) is 21.9. The van der Waals surface area contributed by atoms with Gasteiger partial charge in [-0.05, 0) is 23.6 Å². The molecule has 2 aromatic carbocycles. The lowest BCUT2D eigenvalue weighted by Crippen LogP contribution is -2.20. The minimum atomic E-state index is -0.624. The maximum atomic E-state index is 10.1. The third-order valence-electron chi connectivity index (χ3n) is 3.47. The predicted molar refractivity (Wildman–Crippen MR) is 95.1 cm³/mol. The van der Waals surface area contributed by atoms with E-state index in [4.69, 9.17) is 10.00 Å². The average molecular weight is 336 g/mol. The van der Waals surface area contributed by atoms with Gasteiger partial charge >= 0.3 is 0 Å². The molecule has 4 nitrogen and oxygen atoms in total. The lowest BCUT2D eigenvalue weighted by Gasteiger charge is -2.13. The first-order valence-electron chi connectivity index (χ1n) is 7.54. The second-order valence-corrected chi connectivity index (χ2v) is 6.29. The highest BCUT2D eigenvalue weighted by molar-refractivity contribution is 7.99. The van der Waals surface area contributed by atoms with Crippen molar-refractivity contribution in [3.63, 3.8) is 0 Å². The van der Waals surface area contributed by atoms with E-state index in [-0.39, 0.29) is 6.61 Å².